The molecule has 0 atom stereocenters. The molecular formula is C20H25NS. The quantitative estimate of drug-likeness (QED) is 0.722. The maximum atomic E-state index is 8.83. The molecule has 1 nitrogen and oxygen atoms in total. The van der Waals surface area contributed by atoms with Crippen LogP contribution in [0, 0.1) is 12.3 Å². The van der Waals surface area contributed by atoms with Crippen molar-refractivity contribution in [2.24, 2.45) is 0 Å². The van der Waals surface area contributed by atoms with Crippen molar-refractivity contribution < 1.29 is 0 Å². The van der Waals surface area contributed by atoms with Crippen molar-refractivity contribution in [2.45, 2.75) is 13.8 Å². The highest BCUT2D eigenvalue weighted by molar-refractivity contribution is 8.36. The van der Waals surface area contributed by atoms with E-state index in [0.29, 0.717) is 5.71 Å². The summed E-state index contributed by atoms with van der Waals surface area (Å²) in [5.74, 6) is 0. The van der Waals surface area contributed by atoms with E-state index in [0.717, 1.165) is 11.1 Å². The summed E-state index contributed by atoms with van der Waals surface area (Å²) >= 11 is 0. The van der Waals surface area contributed by atoms with Crippen LogP contribution in [0.3, 0.4) is 0 Å². The summed E-state index contributed by atoms with van der Waals surface area (Å²) < 4.78 is 0. The first-order valence-corrected chi connectivity index (χ1v) is 10.3. The summed E-state index contributed by atoms with van der Waals surface area (Å²) in [4.78, 5) is 1.19. The Labute approximate surface area is 135 Å². The minimum absolute atomic E-state index is 0.668. The Bertz CT molecular complexity index is 706. The van der Waals surface area contributed by atoms with Gasteiger partial charge in [0.15, 0.2) is 0 Å². The summed E-state index contributed by atoms with van der Waals surface area (Å²) in [6, 6.07) is 18.6. The molecule has 0 radical (unpaired) electrons. The third-order valence-electron chi connectivity index (χ3n) is 3.80. The number of allylic oxidation sites excluding steroid dienone is 2. The molecule has 0 saturated carbocycles. The Balaban J connectivity index is 2.63. The van der Waals surface area contributed by atoms with Gasteiger partial charge in [-0.2, -0.15) is 0 Å². The molecule has 2 aromatic rings. The van der Waals surface area contributed by atoms with Crippen molar-refractivity contribution in [3.05, 3.63) is 76.2 Å². The monoisotopic (exact) mass is 311 g/mol. The van der Waals surface area contributed by atoms with Crippen LogP contribution in [-0.4, -0.2) is 24.5 Å². The van der Waals surface area contributed by atoms with E-state index in [1.54, 1.807) is 0 Å². The van der Waals surface area contributed by atoms with Gasteiger partial charge in [0.1, 0.15) is 0 Å². The minimum Gasteiger partial charge on any atom is -0.299 e. The van der Waals surface area contributed by atoms with Gasteiger partial charge >= 0.3 is 0 Å². The lowest BCUT2D eigenvalue weighted by Crippen LogP contribution is -2.13. The second-order valence-electron chi connectivity index (χ2n) is 6.35. The molecule has 1 N–H and O–H groups in total. The van der Waals surface area contributed by atoms with E-state index in [2.05, 4.69) is 69.0 Å². The Morgan fingerprint density at radius 1 is 0.864 bits per heavy atom. The molecule has 2 rings (SSSR count). The van der Waals surface area contributed by atoms with E-state index in [4.69, 9.17) is 5.41 Å². The van der Waals surface area contributed by atoms with Crippen LogP contribution in [0.2, 0.25) is 0 Å². The van der Waals surface area contributed by atoms with Gasteiger partial charge in [0.2, 0.25) is 0 Å². The van der Waals surface area contributed by atoms with Crippen molar-refractivity contribution in [3.63, 3.8) is 0 Å². The SMILES string of the molecule is C/C(=C(\C(=N)c1ccccc1C)S(C)(C)C)c1ccccc1. The zero-order valence-corrected chi connectivity index (χ0v) is 14.9. The maximum Gasteiger partial charge on any atom is 0.0738 e. The van der Waals surface area contributed by atoms with Gasteiger partial charge < -0.3 is 0 Å². The molecule has 116 valence electrons. The predicted octanol–water partition coefficient (Wildman–Crippen LogP) is 5.49. The highest BCUT2D eigenvalue weighted by Gasteiger charge is 2.22. The van der Waals surface area contributed by atoms with Crippen LogP contribution in [0.4, 0.5) is 0 Å². The summed E-state index contributed by atoms with van der Waals surface area (Å²) in [5.41, 5.74) is 5.29. The van der Waals surface area contributed by atoms with Gasteiger partial charge in [0, 0.05) is 10.5 Å². The lowest BCUT2D eigenvalue weighted by Gasteiger charge is -2.32. The van der Waals surface area contributed by atoms with E-state index < -0.39 is 10.0 Å². The van der Waals surface area contributed by atoms with Gasteiger partial charge in [-0.3, -0.25) is 5.41 Å². The van der Waals surface area contributed by atoms with Crippen LogP contribution in [0.25, 0.3) is 5.57 Å². The second kappa shape index (κ2) is 6.53. The molecule has 0 heterocycles. The predicted molar refractivity (Wildman–Crippen MR) is 102 cm³/mol. The van der Waals surface area contributed by atoms with E-state index in [9.17, 15) is 0 Å². The molecule has 0 bridgehead atoms. The van der Waals surface area contributed by atoms with Crippen LogP contribution in [0.1, 0.15) is 23.6 Å². The number of aryl methyl sites for hydroxylation is 1. The van der Waals surface area contributed by atoms with Gasteiger partial charge in [-0.1, -0.05) is 54.6 Å². The average Bonchev–Trinajstić information content (AvgIpc) is 2.47. The molecule has 0 fully saturated rings. The van der Waals surface area contributed by atoms with Crippen LogP contribution in [0.15, 0.2) is 59.5 Å². The first-order valence-electron chi connectivity index (χ1n) is 7.42. The highest BCUT2D eigenvalue weighted by Crippen LogP contribution is 2.49. The number of rotatable bonds is 4. The molecule has 0 aliphatic carbocycles. The van der Waals surface area contributed by atoms with Crippen molar-refractivity contribution in [1.82, 2.24) is 0 Å². The van der Waals surface area contributed by atoms with Crippen LogP contribution in [-0.2, 0) is 0 Å². The molecule has 0 aromatic heterocycles. The lowest BCUT2D eigenvalue weighted by molar-refractivity contribution is 1.40. The molecule has 0 unspecified atom stereocenters. The molecule has 0 aliphatic heterocycles. The van der Waals surface area contributed by atoms with Crippen molar-refractivity contribution in [2.75, 3.05) is 18.8 Å². The summed E-state index contributed by atoms with van der Waals surface area (Å²) in [6.45, 7) is 4.23. The molecule has 0 saturated heterocycles. The third-order valence-corrected chi connectivity index (χ3v) is 5.54. The molecule has 2 aromatic carbocycles. The third kappa shape index (κ3) is 3.50. The fourth-order valence-electron chi connectivity index (χ4n) is 2.75. The van der Waals surface area contributed by atoms with Crippen molar-refractivity contribution in [3.8, 4) is 0 Å². The maximum absolute atomic E-state index is 8.83. The summed E-state index contributed by atoms with van der Waals surface area (Å²) in [6.07, 6.45) is 6.80. The largest absolute Gasteiger partial charge is 0.299 e. The first-order chi connectivity index (χ1) is 10.3. The zero-order chi connectivity index (χ0) is 16.3. The Morgan fingerprint density at radius 2 is 1.41 bits per heavy atom. The number of hydrogen-bond acceptors (Lipinski definition) is 1. The molecule has 0 amide bonds. The Hall–Kier alpha value is -1.80. The summed E-state index contributed by atoms with van der Waals surface area (Å²) in [5, 5.41) is 8.83. The average molecular weight is 311 g/mol. The van der Waals surface area contributed by atoms with E-state index in [1.807, 2.05) is 18.2 Å². The minimum atomic E-state index is -1.02. The van der Waals surface area contributed by atoms with Crippen molar-refractivity contribution >= 4 is 21.3 Å². The molecule has 0 aliphatic rings. The second-order valence-corrected chi connectivity index (χ2v) is 10.4. The number of benzene rings is 2. The summed E-state index contributed by atoms with van der Waals surface area (Å²) in [7, 11) is -1.02. The van der Waals surface area contributed by atoms with E-state index in [1.165, 1.54) is 16.0 Å². The van der Waals surface area contributed by atoms with Gasteiger partial charge in [0.25, 0.3) is 0 Å². The topological polar surface area (TPSA) is 23.9 Å². The smallest absolute Gasteiger partial charge is 0.0738 e. The normalized spacial score (nSPS) is 13.5. The van der Waals surface area contributed by atoms with Crippen molar-refractivity contribution in [1.29, 1.82) is 5.41 Å². The fraction of sp³-hybridized carbons (Fsp3) is 0.250. The van der Waals surface area contributed by atoms with Crippen LogP contribution < -0.4 is 0 Å². The molecule has 0 spiro atoms. The lowest BCUT2D eigenvalue weighted by atomic mass is 9.99. The highest BCUT2D eigenvalue weighted by atomic mass is 32.3. The van der Waals surface area contributed by atoms with Gasteiger partial charge in [0.05, 0.1) is 5.71 Å². The fourth-order valence-corrected chi connectivity index (χ4v) is 4.51. The van der Waals surface area contributed by atoms with Gasteiger partial charge in [-0.15, -0.1) is 0 Å². The standard InChI is InChI=1S/C20H25NS/c1-15-11-9-10-14-18(15)19(21)20(22(3,4)5)16(2)17-12-7-6-8-13-17/h6-14,21H,1-5H3/b20-16-,21-19?. The van der Waals surface area contributed by atoms with E-state index >= 15 is 0 Å². The zero-order valence-electron chi connectivity index (χ0n) is 14.1. The number of hydrogen-bond donors (Lipinski definition) is 1. The van der Waals surface area contributed by atoms with Gasteiger partial charge in [-0.25, -0.2) is 10.0 Å². The van der Waals surface area contributed by atoms with E-state index in [-0.39, 0.29) is 0 Å². The van der Waals surface area contributed by atoms with Crippen LogP contribution in [0.5, 0.6) is 0 Å². The van der Waals surface area contributed by atoms with Crippen LogP contribution >= 0.6 is 10.0 Å². The first kappa shape index (κ1) is 16.6. The molecule has 2 heteroatoms. The number of nitrogens with one attached hydrogen (secondary N) is 1. The molecular weight excluding hydrogens is 286 g/mol. The Kier molecular flexibility index (Phi) is 4.92. The Morgan fingerprint density at radius 3 is 1.95 bits per heavy atom. The van der Waals surface area contributed by atoms with Gasteiger partial charge in [-0.05, 0) is 49.3 Å². The molecule has 22 heavy (non-hydrogen) atoms.